The molecule has 0 atom stereocenters. The van der Waals surface area contributed by atoms with Crippen molar-refractivity contribution in [3.05, 3.63) is 41.8 Å². The van der Waals surface area contributed by atoms with Gasteiger partial charge in [-0.25, -0.2) is 9.37 Å². The van der Waals surface area contributed by atoms with Gasteiger partial charge in [0.2, 0.25) is 0 Å². The van der Waals surface area contributed by atoms with E-state index in [1.54, 1.807) is 18.2 Å². The fraction of sp³-hybridized carbons (Fsp3) is 0.333. The van der Waals surface area contributed by atoms with Crippen LogP contribution in [0.1, 0.15) is 36.7 Å². The lowest BCUT2D eigenvalue weighted by Gasteiger charge is -2.05. The second kappa shape index (κ2) is 6.27. The summed E-state index contributed by atoms with van der Waals surface area (Å²) in [4.78, 5) is 16.1. The minimum atomic E-state index is -0.347. The van der Waals surface area contributed by atoms with Gasteiger partial charge in [0.25, 0.3) is 5.91 Å². The lowest BCUT2D eigenvalue weighted by molar-refractivity contribution is 0.0948. The molecule has 1 heterocycles. The predicted octanol–water partition coefficient (Wildman–Crippen LogP) is 3.29. The van der Waals surface area contributed by atoms with Crippen LogP contribution in [0.3, 0.4) is 0 Å². The number of unbranched alkanes of at least 4 members (excludes halogenated alkanes) is 2. The molecule has 0 saturated heterocycles. The molecule has 2 aromatic rings. The van der Waals surface area contributed by atoms with Crippen LogP contribution in [0, 0.1) is 5.82 Å². The van der Waals surface area contributed by atoms with Crippen LogP contribution in [0.2, 0.25) is 0 Å². The van der Waals surface area contributed by atoms with Crippen LogP contribution >= 0.6 is 0 Å². The highest BCUT2D eigenvalue weighted by molar-refractivity contribution is 5.94. The first-order valence-electron chi connectivity index (χ1n) is 6.55. The molecule has 1 N–H and O–H groups in total. The second-order valence-corrected chi connectivity index (χ2v) is 4.50. The topological polar surface area (TPSA) is 42.0 Å². The molecule has 4 heteroatoms. The van der Waals surface area contributed by atoms with Gasteiger partial charge in [0.15, 0.2) is 0 Å². The molecule has 0 saturated carbocycles. The summed E-state index contributed by atoms with van der Waals surface area (Å²) >= 11 is 0. The maximum Gasteiger partial charge on any atom is 0.269 e. The molecule has 3 nitrogen and oxygen atoms in total. The summed E-state index contributed by atoms with van der Waals surface area (Å²) in [5.41, 5.74) is 0.829. The molecule has 0 aliphatic carbocycles. The SMILES string of the molecule is CCCCCNC(=O)c1ccc2ccc(F)cc2n1. The number of amides is 1. The molecule has 1 aromatic carbocycles. The van der Waals surface area contributed by atoms with Crippen LogP contribution in [0.15, 0.2) is 30.3 Å². The number of nitrogens with zero attached hydrogens (tertiary/aromatic N) is 1. The second-order valence-electron chi connectivity index (χ2n) is 4.50. The third-order valence-corrected chi connectivity index (χ3v) is 2.95. The van der Waals surface area contributed by atoms with Gasteiger partial charge < -0.3 is 5.32 Å². The summed E-state index contributed by atoms with van der Waals surface area (Å²) < 4.78 is 13.1. The van der Waals surface area contributed by atoms with E-state index in [2.05, 4.69) is 17.2 Å². The Morgan fingerprint density at radius 1 is 1.26 bits per heavy atom. The highest BCUT2D eigenvalue weighted by Gasteiger charge is 2.07. The Kier molecular flexibility index (Phi) is 4.44. The first-order chi connectivity index (χ1) is 9.20. The minimum Gasteiger partial charge on any atom is -0.351 e. The van der Waals surface area contributed by atoms with E-state index in [1.807, 2.05) is 0 Å². The number of aromatic nitrogens is 1. The molecule has 19 heavy (non-hydrogen) atoms. The smallest absolute Gasteiger partial charge is 0.269 e. The third kappa shape index (κ3) is 3.50. The van der Waals surface area contributed by atoms with Crippen molar-refractivity contribution < 1.29 is 9.18 Å². The molecule has 0 fully saturated rings. The normalized spacial score (nSPS) is 10.6. The molecular weight excluding hydrogens is 243 g/mol. The number of carbonyl (C=O) groups excluding carboxylic acids is 1. The van der Waals surface area contributed by atoms with Crippen molar-refractivity contribution in [2.75, 3.05) is 6.54 Å². The van der Waals surface area contributed by atoms with Crippen LogP contribution in [0.5, 0.6) is 0 Å². The van der Waals surface area contributed by atoms with Gasteiger partial charge >= 0.3 is 0 Å². The molecule has 0 unspecified atom stereocenters. The number of hydrogen-bond acceptors (Lipinski definition) is 2. The van der Waals surface area contributed by atoms with Crippen molar-refractivity contribution in [3.63, 3.8) is 0 Å². The van der Waals surface area contributed by atoms with Crippen molar-refractivity contribution in [1.29, 1.82) is 0 Å². The zero-order chi connectivity index (χ0) is 13.7. The number of nitrogens with one attached hydrogen (secondary N) is 1. The Bertz CT molecular complexity index is 583. The van der Waals surface area contributed by atoms with Gasteiger partial charge in [-0.1, -0.05) is 25.8 Å². The van der Waals surface area contributed by atoms with E-state index in [9.17, 15) is 9.18 Å². The van der Waals surface area contributed by atoms with E-state index in [1.165, 1.54) is 12.1 Å². The fourth-order valence-corrected chi connectivity index (χ4v) is 1.88. The fourth-order valence-electron chi connectivity index (χ4n) is 1.88. The van der Waals surface area contributed by atoms with E-state index in [4.69, 9.17) is 0 Å². The first-order valence-corrected chi connectivity index (χ1v) is 6.55. The number of carbonyl (C=O) groups is 1. The average Bonchev–Trinajstić information content (AvgIpc) is 2.42. The van der Waals surface area contributed by atoms with Crippen molar-refractivity contribution in [2.45, 2.75) is 26.2 Å². The van der Waals surface area contributed by atoms with Crippen LogP contribution in [-0.4, -0.2) is 17.4 Å². The van der Waals surface area contributed by atoms with E-state index in [0.29, 0.717) is 17.8 Å². The van der Waals surface area contributed by atoms with Crippen molar-refractivity contribution in [2.24, 2.45) is 0 Å². The third-order valence-electron chi connectivity index (χ3n) is 2.95. The van der Waals surface area contributed by atoms with E-state index >= 15 is 0 Å². The summed E-state index contributed by atoms with van der Waals surface area (Å²) in [6, 6.07) is 7.82. The van der Waals surface area contributed by atoms with Gasteiger partial charge in [0.1, 0.15) is 11.5 Å². The lowest BCUT2D eigenvalue weighted by Crippen LogP contribution is -2.25. The van der Waals surface area contributed by atoms with Crippen LogP contribution in [-0.2, 0) is 0 Å². The summed E-state index contributed by atoms with van der Waals surface area (Å²) in [6.07, 6.45) is 3.17. The molecule has 0 aliphatic heterocycles. The zero-order valence-electron chi connectivity index (χ0n) is 10.9. The van der Waals surface area contributed by atoms with Crippen LogP contribution in [0.4, 0.5) is 4.39 Å². The Balaban J connectivity index is 2.09. The van der Waals surface area contributed by atoms with Gasteiger partial charge in [0.05, 0.1) is 5.52 Å². The molecule has 0 spiro atoms. The number of pyridine rings is 1. The number of rotatable bonds is 5. The Hall–Kier alpha value is -1.97. The van der Waals surface area contributed by atoms with E-state index < -0.39 is 0 Å². The number of hydrogen-bond donors (Lipinski definition) is 1. The standard InChI is InChI=1S/C15H17FN2O/c1-2-3-4-9-17-15(19)13-8-6-11-5-7-12(16)10-14(11)18-13/h5-8,10H,2-4,9H2,1H3,(H,17,19). The van der Waals surface area contributed by atoms with Gasteiger partial charge in [-0.15, -0.1) is 0 Å². The quantitative estimate of drug-likeness (QED) is 0.838. The van der Waals surface area contributed by atoms with Crippen LogP contribution in [0.25, 0.3) is 10.9 Å². The average molecular weight is 260 g/mol. The zero-order valence-corrected chi connectivity index (χ0v) is 10.9. The molecular formula is C15H17FN2O. The summed E-state index contributed by atoms with van der Waals surface area (Å²) in [6.45, 7) is 2.76. The maximum atomic E-state index is 13.1. The minimum absolute atomic E-state index is 0.206. The van der Waals surface area contributed by atoms with Crippen molar-refractivity contribution in [1.82, 2.24) is 10.3 Å². The van der Waals surface area contributed by atoms with Crippen LogP contribution < -0.4 is 5.32 Å². The van der Waals surface area contributed by atoms with Gasteiger partial charge in [0, 0.05) is 18.0 Å². The molecule has 2 rings (SSSR count). The Morgan fingerprint density at radius 2 is 2.05 bits per heavy atom. The number of benzene rings is 1. The molecule has 1 aromatic heterocycles. The Labute approximate surface area is 111 Å². The van der Waals surface area contributed by atoms with E-state index in [0.717, 1.165) is 24.6 Å². The largest absolute Gasteiger partial charge is 0.351 e. The van der Waals surface area contributed by atoms with Gasteiger partial charge in [-0.3, -0.25) is 4.79 Å². The molecule has 1 amide bonds. The highest BCUT2D eigenvalue weighted by atomic mass is 19.1. The summed E-state index contributed by atoms with van der Waals surface area (Å²) in [5.74, 6) is -0.553. The summed E-state index contributed by atoms with van der Waals surface area (Å²) in [5, 5.41) is 3.64. The predicted molar refractivity (Wildman–Crippen MR) is 73.6 cm³/mol. The highest BCUT2D eigenvalue weighted by Crippen LogP contribution is 2.14. The molecule has 100 valence electrons. The van der Waals surface area contributed by atoms with Gasteiger partial charge in [-0.2, -0.15) is 0 Å². The molecule has 0 radical (unpaired) electrons. The number of halogens is 1. The van der Waals surface area contributed by atoms with E-state index in [-0.39, 0.29) is 11.7 Å². The Morgan fingerprint density at radius 3 is 2.84 bits per heavy atom. The monoisotopic (exact) mass is 260 g/mol. The van der Waals surface area contributed by atoms with Gasteiger partial charge in [-0.05, 0) is 24.6 Å². The number of fused-ring (bicyclic) bond motifs is 1. The first kappa shape index (κ1) is 13.5. The molecule has 0 bridgehead atoms. The summed E-state index contributed by atoms with van der Waals surface area (Å²) in [7, 11) is 0. The van der Waals surface area contributed by atoms with Crippen molar-refractivity contribution >= 4 is 16.8 Å². The van der Waals surface area contributed by atoms with Crippen molar-refractivity contribution in [3.8, 4) is 0 Å². The maximum absolute atomic E-state index is 13.1. The molecule has 0 aliphatic rings. The lowest BCUT2D eigenvalue weighted by atomic mass is 10.2.